The van der Waals surface area contributed by atoms with Crippen LogP contribution in [0, 0.1) is 0 Å². The molecule has 0 amide bonds. The van der Waals surface area contributed by atoms with E-state index in [0.29, 0.717) is 0 Å². The van der Waals surface area contributed by atoms with Gasteiger partial charge in [0.25, 0.3) is 0 Å². The Morgan fingerprint density at radius 2 is 1.81 bits per heavy atom. The van der Waals surface area contributed by atoms with Crippen LogP contribution >= 0.6 is 0 Å². The van der Waals surface area contributed by atoms with Gasteiger partial charge in [-0.25, -0.2) is 5.01 Å². The zero-order chi connectivity index (χ0) is 11.0. The molecule has 0 aliphatic carbocycles. The van der Waals surface area contributed by atoms with Gasteiger partial charge in [0.2, 0.25) is 0 Å². The summed E-state index contributed by atoms with van der Waals surface area (Å²) < 4.78 is 5.36. The average molecular weight is 219 g/mol. The van der Waals surface area contributed by atoms with Crippen molar-refractivity contribution >= 4 is 5.69 Å². The van der Waals surface area contributed by atoms with Gasteiger partial charge in [-0.2, -0.15) is 0 Å². The van der Waals surface area contributed by atoms with Crippen LogP contribution in [0.25, 0.3) is 0 Å². The van der Waals surface area contributed by atoms with E-state index in [0.717, 1.165) is 39.4 Å². The first kappa shape index (κ1) is 10.1. The highest BCUT2D eigenvalue weighted by atomic mass is 16.5. The summed E-state index contributed by atoms with van der Waals surface area (Å²) in [5.74, 6) is 5.81. The second-order valence-electron chi connectivity index (χ2n) is 4.46. The molecule has 1 saturated heterocycles. The molecule has 0 radical (unpaired) electrons. The van der Waals surface area contributed by atoms with Gasteiger partial charge >= 0.3 is 0 Å². The predicted molar refractivity (Wildman–Crippen MR) is 62.9 cm³/mol. The van der Waals surface area contributed by atoms with Crippen LogP contribution < -0.4 is 10.7 Å². The molecule has 1 fully saturated rings. The maximum atomic E-state index is 5.81. The van der Waals surface area contributed by atoms with E-state index in [1.54, 1.807) is 0 Å². The number of nitrogens with two attached hydrogens (primary N) is 1. The summed E-state index contributed by atoms with van der Waals surface area (Å²) in [6, 6.07) is 6.67. The molecule has 0 saturated carbocycles. The molecular weight excluding hydrogens is 202 g/mol. The van der Waals surface area contributed by atoms with Crippen molar-refractivity contribution in [3.63, 3.8) is 0 Å². The Labute approximate surface area is 95.6 Å². The summed E-state index contributed by atoms with van der Waals surface area (Å²) in [6.07, 6.45) is 0. The van der Waals surface area contributed by atoms with Crippen molar-refractivity contribution in [2.24, 2.45) is 5.84 Å². The molecule has 0 bridgehead atoms. The number of hydrogen-bond acceptors (Lipinski definition) is 4. The van der Waals surface area contributed by atoms with E-state index in [9.17, 15) is 0 Å². The maximum Gasteiger partial charge on any atom is 0.0642 e. The zero-order valence-corrected chi connectivity index (χ0v) is 9.35. The molecule has 3 rings (SSSR count). The van der Waals surface area contributed by atoms with Gasteiger partial charge in [0.1, 0.15) is 0 Å². The molecule has 0 unspecified atom stereocenters. The van der Waals surface area contributed by atoms with Crippen molar-refractivity contribution in [2.75, 3.05) is 31.2 Å². The van der Waals surface area contributed by atoms with E-state index in [4.69, 9.17) is 10.6 Å². The minimum atomic E-state index is 0.833. The van der Waals surface area contributed by atoms with Crippen molar-refractivity contribution in [1.29, 1.82) is 0 Å². The zero-order valence-electron chi connectivity index (χ0n) is 9.35. The number of nitrogens with zero attached hydrogens (tertiary/aromatic N) is 2. The first-order chi connectivity index (χ1) is 7.83. The molecule has 86 valence electrons. The van der Waals surface area contributed by atoms with E-state index in [1.807, 2.05) is 5.01 Å². The van der Waals surface area contributed by atoms with E-state index in [1.165, 1.54) is 16.8 Å². The average Bonchev–Trinajstić information content (AvgIpc) is 2.69. The maximum absolute atomic E-state index is 5.81. The van der Waals surface area contributed by atoms with Crippen molar-refractivity contribution in [1.82, 2.24) is 5.01 Å². The van der Waals surface area contributed by atoms with Gasteiger partial charge in [0, 0.05) is 31.9 Å². The lowest BCUT2D eigenvalue weighted by Crippen LogP contribution is -2.36. The molecular formula is C12H17N3O. The highest BCUT2D eigenvalue weighted by Gasteiger charge is 2.18. The van der Waals surface area contributed by atoms with Crippen molar-refractivity contribution < 1.29 is 4.74 Å². The Morgan fingerprint density at radius 1 is 1.06 bits per heavy atom. The van der Waals surface area contributed by atoms with Gasteiger partial charge in [-0.15, -0.1) is 0 Å². The van der Waals surface area contributed by atoms with Gasteiger partial charge in [-0.3, -0.25) is 5.84 Å². The first-order valence-corrected chi connectivity index (χ1v) is 5.77. The van der Waals surface area contributed by atoms with Crippen LogP contribution in [0.3, 0.4) is 0 Å². The quantitative estimate of drug-likeness (QED) is 0.706. The largest absolute Gasteiger partial charge is 0.378 e. The van der Waals surface area contributed by atoms with Gasteiger partial charge < -0.3 is 9.64 Å². The molecule has 2 aliphatic heterocycles. The van der Waals surface area contributed by atoms with Crippen molar-refractivity contribution in [3.05, 3.63) is 29.3 Å². The molecule has 1 aromatic rings. The fourth-order valence-electron chi connectivity index (χ4n) is 2.43. The molecule has 0 atom stereocenters. The van der Waals surface area contributed by atoms with E-state index in [-0.39, 0.29) is 0 Å². The molecule has 2 aliphatic rings. The summed E-state index contributed by atoms with van der Waals surface area (Å²) >= 11 is 0. The van der Waals surface area contributed by atoms with Crippen molar-refractivity contribution in [3.8, 4) is 0 Å². The number of ether oxygens (including phenoxy) is 1. The van der Waals surface area contributed by atoms with Gasteiger partial charge in [-0.1, -0.05) is 6.07 Å². The van der Waals surface area contributed by atoms with Crippen LogP contribution in [0.1, 0.15) is 11.1 Å². The summed E-state index contributed by atoms with van der Waals surface area (Å²) in [5, 5.41) is 1.85. The predicted octanol–water partition coefficient (Wildman–Crippen LogP) is 0.712. The number of benzene rings is 1. The Balaban J connectivity index is 1.84. The highest BCUT2D eigenvalue weighted by molar-refractivity contribution is 5.52. The second-order valence-corrected chi connectivity index (χ2v) is 4.46. The smallest absolute Gasteiger partial charge is 0.0642 e. The minimum Gasteiger partial charge on any atom is -0.378 e. The highest BCUT2D eigenvalue weighted by Crippen LogP contribution is 2.26. The third-order valence-corrected chi connectivity index (χ3v) is 3.31. The normalized spacial score (nSPS) is 21.2. The molecule has 0 aromatic heterocycles. The Kier molecular flexibility index (Phi) is 2.55. The number of hydrogen-bond donors (Lipinski definition) is 1. The SMILES string of the molecule is NN1Cc2ccc(N3CCOCC3)cc2C1. The lowest BCUT2D eigenvalue weighted by atomic mass is 10.1. The molecule has 4 heteroatoms. The molecule has 4 nitrogen and oxygen atoms in total. The molecule has 2 N–H and O–H groups in total. The van der Waals surface area contributed by atoms with Gasteiger partial charge in [-0.05, 0) is 23.3 Å². The fraction of sp³-hybridized carbons (Fsp3) is 0.500. The Bertz CT molecular complexity index is 388. The third-order valence-electron chi connectivity index (χ3n) is 3.31. The van der Waals surface area contributed by atoms with Gasteiger partial charge in [0.05, 0.1) is 13.2 Å². The lowest BCUT2D eigenvalue weighted by molar-refractivity contribution is 0.122. The Hall–Kier alpha value is -1.10. The van der Waals surface area contributed by atoms with E-state index in [2.05, 4.69) is 23.1 Å². The summed E-state index contributed by atoms with van der Waals surface area (Å²) in [7, 11) is 0. The van der Waals surface area contributed by atoms with E-state index < -0.39 is 0 Å². The molecule has 2 heterocycles. The summed E-state index contributed by atoms with van der Waals surface area (Å²) in [6.45, 7) is 5.39. The first-order valence-electron chi connectivity index (χ1n) is 5.77. The van der Waals surface area contributed by atoms with Crippen LogP contribution in [-0.4, -0.2) is 31.3 Å². The monoisotopic (exact) mass is 219 g/mol. The number of morpholine rings is 1. The molecule has 1 aromatic carbocycles. The summed E-state index contributed by atoms with van der Waals surface area (Å²) in [5.41, 5.74) is 4.03. The standard InChI is InChI=1S/C12H17N3O/c13-15-8-10-1-2-12(7-11(10)9-15)14-3-5-16-6-4-14/h1-2,7H,3-6,8-9,13H2. The number of rotatable bonds is 1. The number of hydrazine groups is 1. The van der Waals surface area contributed by atoms with Crippen molar-refractivity contribution in [2.45, 2.75) is 13.1 Å². The lowest BCUT2D eigenvalue weighted by Gasteiger charge is -2.29. The number of anilines is 1. The third kappa shape index (κ3) is 1.80. The van der Waals surface area contributed by atoms with Crippen LogP contribution in [0.2, 0.25) is 0 Å². The second kappa shape index (κ2) is 4.05. The van der Waals surface area contributed by atoms with Crippen LogP contribution in [0.4, 0.5) is 5.69 Å². The Morgan fingerprint density at radius 3 is 2.62 bits per heavy atom. The fourth-order valence-corrected chi connectivity index (χ4v) is 2.43. The topological polar surface area (TPSA) is 41.7 Å². The van der Waals surface area contributed by atoms with Crippen LogP contribution in [0.5, 0.6) is 0 Å². The number of fused-ring (bicyclic) bond motifs is 1. The van der Waals surface area contributed by atoms with Gasteiger partial charge in [0.15, 0.2) is 0 Å². The molecule has 0 spiro atoms. The van der Waals surface area contributed by atoms with Crippen LogP contribution in [0.15, 0.2) is 18.2 Å². The minimum absolute atomic E-state index is 0.833. The summed E-state index contributed by atoms with van der Waals surface area (Å²) in [4.78, 5) is 2.38. The van der Waals surface area contributed by atoms with E-state index >= 15 is 0 Å². The van der Waals surface area contributed by atoms with Crippen LogP contribution in [-0.2, 0) is 17.8 Å². The molecule has 16 heavy (non-hydrogen) atoms.